The van der Waals surface area contributed by atoms with Crippen molar-refractivity contribution in [2.45, 2.75) is 39.0 Å². The van der Waals surface area contributed by atoms with Crippen molar-refractivity contribution in [3.8, 4) is 16.8 Å². The number of benzene rings is 2. The van der Waals surface area contributed by atoms with Crippen LogP contribution in [0.1, 0.15) is 37.4 Å². The largest absolute Gasteiger partial charge is 0.342 e. The second kappa shape index (κ2) is 11.3. The summed E-state index contributed by atoms with van der Waals surface area (Å²) in [5.74, 6) is 1.37. The molecule has 42 heavy (non-hydrogen) atoms. The number of aromatic nitrogens is 5. The minimum absolute atomic E-state index is 0.0417. The Bertz CT molecular complexity index is 1890. The highest BCUT2D eigenvalue weighted by Crippen LogP contribution is 2.28. The summed E-state index contributed by atoms with van der Waals surface area (Å²) < 4.78 is 3.42. The van der Waals surface area contributed by atoms with Crippen LogP contribution in [0.5, 0.6) is 0 Å². The van der Waals surface area contributed by atoms with E-state index in [1.807, 2.05) is 53.2 Å². The number of carbonyl (C=O) groups is 1. The first-order valence-corrected chi connectivity index (χ1v) is 14.0. The van der Waals surface area contributed by atoms with Crippen LogP contribution in [0.25, 0.3) is 27.8 Å². The van der Waals surface area contributed by atoms with Gasteiger partial charge in [0.2, 0.25) is 5.91 Å². The van der Waals surface area contributed by atoms with Gasteiger partial charge in [-0.15, -0.1) is 0 Å². The van der Waals surface area contributed by atoms with E-state index >= 15 is 0 Å². The van der Waals surface area contributed by atoms with E-state index in [-0.39, 0.29) is 11.5 Å². The summed E-state index contributed by atoms with van der Waals surface area (Å²) in [5, 5.41) is 15.3. The predicted octanol–water partition coefficient (Wildman–Crippen LogP) is 5.40. The standard InChI is InChI=1S/C32H32N8O2/c1-4-5-8-25-17-29(40(38-25)26-11-12-28-22(15-26)10-13-30(41)37-28)36-20(2)35-24-9-6-7-21(14-24)27-16-23-18-33-19-34-31(23)39(3)32(27)42/h6-7,9,11-12,14-19,35-36H,2,4-5,8,10,13H2,1,3H3,(H,37,41). The molecule has 0 bridgehead atoms. The van der Waals surface area contributed by atoms with Crippen LogP contribution in [0.2, 0.25) is 0 Å². The van der Waals surface area contributed by atoms with Crippen LogP contribution in [0.3, 0.4) is 0 Å². The molecule has 10 heteroatoms. The molecular weight excluding hydrogens is 528 g/mol. The summed E-state index contributed by atoms with van der Waals surface area (Å²) in [6.07, 6.45) is 7.29. The average molecular weight is 561 g/mol. The van der Waals surface area contributed by atoms with E-state index in [2.05, 4.69) is 45.5 Å². The van der Waals surface area contributed by atoms with E-state index in [1.165, 1.54) is 6.33 Å². The maximum atomic E-state index is 13.1. The molecule has 1 aliphatic rings. The third-order valence-electron chi connectivity index (χ3n) is 7.39. The smallest absolute Gasteiger partial charge is 0.259 e. The Morgan fingerprint density at radius 3 is 2.81 bits per heavy atom. The summed E-state index contributed by atoms with van der Waals surface area (Å²) in [6, 6.07) is 17.5. The zero-order valence-corrected chi connectivity index (χ0v) is 23.6. The monoisotopic (exact) mass is 560 g/mol. The molecule has 3 N–H and O–H groups in total. The minimum atomic E-state index is -0.136. The SMILES string of the molecule is C=C(Nc1cccc(-c2cc3cncnc3n(C)c2=O)c1)Nc1cc(CCCC)nn1-c1ccc2c(c1)CCC(=O)N2. The zero-order valence-electron chi connectivity index (χ0n) is 23.6. The molecule has 0 radical (unpaired) electrons. The Hall–Kier alpha value is -5.25. The highest BCUT2D eigenvalue weighted by molar-refractivity contribution is 5.94. The van der Waals surface area contributed by atoms with Gasteiger partial charge in [-0.3, -0.25) is 14.2 Å². The molecule has 0 saturated carbocycles. The summed E-state index contributed by atoms with van der Waals surface area (Å²) in [6.45, 7) is 6.37. The van der Waals surface area contributed by atoms with Gasteiger partial charge in [0.25, 0.3) is 5.56 Å². The van der Waals surface area contributed by atoms with Crippen molar-refractivity contribution in [1.29, 1.82) is 0 Å². The number of aryl methyl sites for hydroxylation is 3. The topological polar surface area (TPSA) is 119 Å². The number of hydrogen-bond donors (Lipinski definition) is 3. The fraction of sp³-hybridized carbons (Fsp3) is 0.219. The summed E-state index contributed by atoms with van der Waals surface area (Å²) in [4.78, 5) is 33.3. The number of nitrogens with one attached hydrogen (secondary N) is 3. The molecule has 2 aromatic carbocycles. The lowest BCUT2D eigenvalue weighted by atomic mass is 10.0. The number of amides is 1. The fourth-order valence-corrected chi connectivity index (χ4v) is 5.24. The van der Waals surface area contributed by atoms with E-state index in [1.54, 1.807) is 17.8 Å². The molecule has 0 unspecified atom stereocenters. The van der Waals surface area contributed by atoms with Gasteiger partial charge in [0.15, 0.2) is 0 Å². The molecule has 0 spiro atoms. The number of rotatable bonds is 9. The van der Waals surface area contributed by atoms with E-state index in [9.17, 15) is 9.59 Å². The summed E-state index contributed by atoms with van der Waals surface area (Å²) >= 11 is 0. The van der Waals surface area contributed by atoms with Crippen molar-refractivity contribution >= 4 is 34.1 Å². The second-order valence-electron chi connectivity index (χ2n) is 10.5. The minimum Gasteiger partial charge on any atom is -0.342 e. The van der Waals surface area contributed by atoms with Crippen molar-refractivity contribution in [3.05, 3.63) is 101 Å². The number of nitrogens with zero attached hydrogens (tertiary/aromatic N) is 5. The van der Waals surface area contributed by atoms with Gasteiger partial charge in [-0.25, -0.2) is 14.6 Å². The first kappa shape index (κ1) is 26.9. The molecule has 212 valence electrons. The number of fused-ring (bicyclic) bond motifs is 2. The number of hydrogen-bond acceptors (Lipinski definition) is 7. The van der Waals surface area contributed by atoms with Crippen LogP contribution >= 0.6 is 0 Å². The maximum Gasteiger partial charge on any atom is 0.259 e. The van der Waals surface area contributed by atoms with E-state index in [4.69, 9.17) is 5.10 Å². The van der Waals surface area contributed by atoms with E-state index in [0.29, 0.717) is 29.9 Å². The molecule has 10 nitrogen and oxygen atoms in total. The van der Waals surface area contributed by atoms with Crippen LogP contribution < -0.4 is 21.5 Å². The molecule has 0 atom stereocenters. The molecule has 6 rings (SSSR count). The summed E-state index contributed by atoms with van der Waals surface area (Å²) in [5.41, 5.74) is 6.38. The Morgan fingerprint density at radius 1 is 1.07 bits per heavy atom. The second-order valence-corrected chi connectivity index (χ2v) is 10.5. The van der Waals surface area contributed by atoms with Gasteiger partial charge in [-0.05, 0) is 66.8 Å². The van der Waals surface area contributed by atoms with Crippen LogP contribution in [-0.4, -0.2) is 30.2 Å². The molecular formula is C32H32N8O2. The van der Waals surface area contributed by atoms with Gasteiger partial charge in [-0.1, -0.05) is 32.1 Å². The number of unbranched alkanes of at least 4 members (excludes halogenated alkanes) is 1. The lowest BCUT2D eigenvalue weighted by Crippen LogP contribution is -2.19. The number of pyridine rings is 1. The molecule has 0 saturated heterocycles. The lowest BCUT2D eigenvalue weighted by Gasteiger charge is -2.19. The van der Waals surface area contributed by atoms with Gasteiger partial charge in [0, 0.05) is 48.1 Å². The van der Waals surface area contributed by atoms with E-state index in [0.717, 1.165) is 64.3 Å². The quantitative estimate of drug-likeness (QED) is 0.221. The van der Waals surface area contributed by atoms with Crippen molar-refractivity contribution in [2.24, 2.45) is 7.05 Å². The lowest BCUT2D eigenvalue weighted by molar-refractivity contribution is -0.116. The Kier molecular flexibility index (Phi) is 7.26. The van der Waals surface area contributed by atoms with Crippen LogP contribution in [-0.2, 0) is 24.7 Å². The maximum absolute atomic E-state index is 13.1. The van der Waals surface area contributed by atoms with Gasteiger partial charge in [-0.2, -0.15) is 5.10 Å². The fourth-order valence-electron chi connectivity index (χ4n) is 5.24. The molecule has 1 aliphatic heterocycles. The predicted molar refractivity (Wildman–Crippen MR) is 166 cm³/mol. The first-order valence-electron chi connectivity index (χ1n) is 14.0. The first-order chi connectivity index (χ1) is 20.4. The average Bonchev–Trinajstić information content (AvgIpc) is 3.39. The Morgan fingerprint density at radius 2 is 1.95 bits per heavy atom. The van der Waals surface area contributed by atoms with Gasteiger partial charge < -0.3 is 16.0 Å². The summed E-state index contributed by atoms with van der Waals surface area (Å²) in [7, 11) is 1.71. The number of carbonyl (C=O) groups excluding carboxylic acids is 1. The van der Waals surface area contributed by atoms with Crippen molar-refractivity contribution < 1.29 is 4.79 Å². The highest BCUT2D eigenvalue weighted by atomic mass is 16.1. The van der Waals surface area contributed by atoms with Crippen molar-refractivity contribution in [2.75, 3.05) is 16.0 Å². The van der Waals surface area contributed by atoms with Gasteiger partial charge in [0.1, 0.15) is 23.6 Å². The molecule has 4 heterocycles. The van der Waals surface area contributed by atoms with Crippen molar-refractivity contribution in [1.82, 2.24) is 24.3 Å². The Balaban J connectivity index is 1.26. The Labute approximate surface area is 243 Å². The van der Waals surface area contributed by atoms with Crippen molar-refractivity contribution in [3.63, 3.8) is 0 Å². The molecule has 0 aliphatic carbocycles. The molecule has 1 amide bonds. The highest BCUT2D eigenvalue weighted by Gasteiger charge is 2.18. The molecule has 3 aromatic heterocycles. The van der Waals surface area contributed by atoms with Crippen LogP contribution in [0.15, 0.2) is 84.3 Å². The third-order valence-corrected chi connectivity index (χ3v) is 7.39. The number of anilines is 3. The zero-order chi connectivity index (χ0) is 29.2. The molecule has 5 aromatic rings. The van der Waals surface area contributed by atoms with Gasteiger partial charge in [0.05, 0.1) is 11.4 Å². The van der Waals surface area contributed by atoms with E-state index < -0.39 is 0 Å². The van der Waals surface area contributed by atoms with Gasteiger partial charge >= 0.3 is 0 Å². The normalized spacial score (nSPS) is 12.6. The third kappa shape index (κ3) is 5.38. The molecule has 0 fully saturated rings. The van der Waals surface area contributed by atoms with Crippen LogP contribution in [0, 0.1) is 0 Å². The van der Waals surface area contributed by atoms with Crippen LogP contribution in [0.4, 0.5) is 17.2 Å².